The van der Waals surface area contributed by atoms with Gasteiger partial charge in [0.25, 0.3) is 0 Å². The molecule has 0 unspecified atom stereocenters. The van der Waals surface area contributed by atoms with Crippen LogP contribution in [0.5, 0.6) is 0 Å². The van der Waals surface area contributed by atoms with Crippen LogP contribution < -0.4 is 0 Å². The average molecular weight is 319 g/mol. The maximum Gasteiger partial charge on any atom is 0.101 e. The summed E-state index contributed by atoms with van der Waals surface area (Å²) in [4.78, 5) is 0. The van der Waals surface area contributed by atoms with Gasteiger partial charge in [-0.1, -0.05) is 21.9 Å². The van der Waals surface area contributed by atoms with Crippen LogP contribution in [0.15, 0.2) is 0 Å². The molecule has 0 aromatic heterocycles. The first-order valence-electron chi connectivity index (χ1n) is 5.26. The van der Waals surface area contributed by atoms with Gasteiger partial charge in [-0.3, -0.25) is 0 Å². The fraction of sp³-hybridized carbons (Fsp3) is 0.900. The van der Waals surface area contributed by atoms with E-state index in [-0.39, 0.29) is 0 Å². The molecule has 104 valence electrons. The Hall–Kier alpha value is 0.667. The van der Waals surface area contributed by atoms with Crippen molar-refractivity contribution in [3.05, 3.63) is 5.38 Å². The molecule has 0 saturated heterocycles. The molecule has 0 aliphatic rings. The predicted octanol–water partition coefficient (Wildman–Crippen LogP) is 1.12. The van der Waals surface area contributed by atoms with Gasteiger partial charge in [-0.25, -0.2) is 0 Å². The van der Waals surface area contributed by atoms with Gasteiger partial charge in [0.15, 0.2) is 0 Å². The summed E-state index contributed by atoms with van der Waals surface area (Å²) in [6.45, 7) is 2.04. The molecule has 3 nitrogen and oxygen atoms in total. The lowest BCUT2D eigenvalue weighted by Crippen LogP contribution is -2.51. The first-order valence-corrected chi connectivity index (χ1v) is 15.8. The van der Waals surface area contributed by atoms with Gasteiger partial charge >= 0.3 is 0 Å². The molecule has 0 saturated carbocycles. The predicted molar refractivity (Wildman–Crippen MR) is 85.4 cm³/mol. The van der Waals surface area contributed by atoms with Gasteiger partial charge in [0, 0.05) is 0 Å². The molecule has 0 aromatic carbocycles. The Morgan fingerprint density at radius 2 is 1.12 bits per heavy atom. The zero-order valence-electron chi connectivity index (χ0n) is 11.9. The van der Waals surface area contributed by atoms with Crippen LogP contribution in [0, 0.1) is 5.38 Å². The van der Waals surface area contributed by atoms with Gasteiger partial charge in [0.05, 0.1) is 51.2 Å². The second-order valence-electron chi connectivity index (χ2n) is 6.24. The van der Waals surface area contributed by atoms with E-state index in [4.69, 9.17) is 0 Å². The number of hydrogen-bond donors (Lipinski definition) is 0. The third-order valence-corrected chi connectivity index (χ3v) is 17.3. The highest BCUT2D eigenvalue weighted by atomic mass is 32.3. The van der Waals surface area contributed by atoms with Crippen LogP contribution >= 0.6 is 0 Å². The van der Waals surface area contributed by atoms with Gasteiger partial charge in [-0.2, -0.15) is 0 Å². The first kappa shape index (κ1) is 17.7. The Labute approximate surface area is 110 Å². The fourth-order valence-electron chi connectivity index (χ4n) is 2.38. The lowest BCUT2D eigenvalue weighted by Gasteiger charge is -2.31. The molecular formula is C10H26O3S3Si+2. The van der Waals surface area contributed by atoms with Crippen molar-refractivity contribution < 1.29 is 12.6 Å². The fourth-order valence-corrected chi connectivity index (χ4v) is 23.4. The highest BCUT2D eigenvalue weighted by Crippen LogP contribution is 2.21. The third-order valence-electron chi connectivity index (χ3n) is 1.92. The standard InChI is InChI=1S/C10H26O3S3Si/c1-14(2,11)8-17(7,9-15(3,4)12)10-16(5,6)13/h8H,9-10H2,1-7H3/q+2. The summed E-state index contributed by atoms with van der Waals surface area (Å²) >= 11 is 0. The normalized spacial score (nSPS) is 15.0. The topological polar surface area (TPSA) is 51.2 Å². The minimum absolute atomic E-state index is 0.567. The molecule has 7 heteroatoms. The summed E-state index contributed by atoms with van der Waals surface area (Å²) < 4.78 is 36.0. The zero-order chi connectivity index (χ0) is 14.1. The molecule has 0 fully saturated rings. The molecule has 0 atom stereocenters. The molecule has 0 radical (unpaired) electrons. The lowest BCUT2D eigenvalue weighted by atomic mass is 11.7. The maximum absolute atomic E-state index is 12.0. The third kappa shape index (κ3) is 10.3. The van der Waals surface area contributed by atoms with Crippen molar-refractivity contribution in [1.29, 1.82) is 0 Å². The van der Waals surface area contributed by atoms with Crippen molar-refractivity contribution in [2.24, 2.45) is 0 Å². The zero-order valence-corrected chi connectivity index (χ0v) is 15.4. The van der Waals surface area contributed by atoms with Gasteiger partial charge in [0.2, 0.25) is 0 Å². The van der Waals surface area contributed by atoms with Gasteiger partial charge < -0.3 is 0 Å². The Morgan fingerprint density at radius 1 is 0.824 bits per heavy atom. The highest BCUT2D eigenvalue weighted by molar-refractivity contribution is 8.08. The molecule has 0 rings (SSSR count). The van der Waals surface area contributed by atoms with E-state index in [2.05, 4.69) is 0 Å². The van der Waals surface area contributed by atoms with Crippen molar-refractivity contribution >= 4 is 37.9 Å². The van der Waals surface area contributed by atoms with E-state index < -0.39 is 37.9 Å². The van der Waals surface area contributed by atoms with Gasteiger partial charge in [-0.05, 0) is 0 Å². The van der Waals surface area contributed by atoms with Crippen LogP contribution in [-0.4, -0.2) is 56.4 Å². The van der Waals surface area contributed by atoms with Crippen molar-refractivity contribution in [3.8, 4) is 0 Å². The van der Waals surface area contributed by atoms with Crippen LogP contribution in [0.2, 0.25) is 6.55 Å². The second-order valence-corrected chi connectivity index (χ2v) is 21.2. The smallest absolute Gasteiger partial charge is 0.101 e. The van der Waals surface area contributed by atoms with Crippen LogP contribution in [0.4, 0.5) is 0 Å². The molecule has 0 spiro atoms. The Morgan fingerprint density at radius 3 is 1.29 bits per heavy atom. The Balaban J connectivity index is 5.15. The minimum atomic E-state index is -2.11. The summed E-state index contributed by atoms with van der Waals surface area (Å²) in [7, 11) is -7.89. The lowest BCUT2D eigenvalue weighted by molar-refractivity contribution is 0.593. The summed E-state index contributed by atoms with van der Waals surface area (Å²) in [5.41, 5.74) is 0. The van der Waals surface area contributed by atoms with Gasteiger partial charge in [0.1, 0.15) is 25.0 Å². The molecule has 17 heavy (non-hydrogen) atoms. The van der Waals surface area contributed by atoms with E-state index in [0.717, 1.165) is 0 Å². The van der Waals surface area contributed by atoms with Crippen LogP contribution in [0.1, 0.15) is 0 Å². The first-order chi connectivity index (χ1) is 7.12. The molecule has 0 N–H and O–H groups in total. The molecular weight excluding hydrogens is 292 g/mol. The molecule has 0 aliphatic heterocycles. The van der Waals surface area contributed by atoms with Crippen LogP contribution in [0.3, 0.4) is 0 Å². The SMILES string of the molecule is C[Si]([CH-][S+](C)(C)=O)(C[S+](C)(C)=O)C[S+](C)(C)=O. The Kier molecular flexibility index (Phi) is 5.55. The average Bonchev–Trinajstić information content (AvgIpc) is 1.65. The van der Waals surface area contributed by atoms with E-state index in [1.54, 1.807) is 37.5 Å². The van der Waals surface area contributed by atoms with E-state index in [0.29, 0.717) is 10.8 Å². The molecule has 0 amide bonds. The molecule has 0 heterocycles. The Bertz CT molecular complexity index is 341. The minimum Gasteiger partial charge on any atom is -0.139 e. The van der Waals surface area contributed by atoms with E-state index in [1.165, 1.54) is 0 Å². The monoisotopic (exact) mass is 318 g/mol. The largest absolute Gasteiger partial charge is 0.139 e. The van der Waals surface area contributed by atoms with Crippen molar-refractivity contribution in [3.63, 3.8) is 0 Å². The summed E-state index contributed by atoms with van der Waals surface area (Å²) in [5, 5.41) is 3.02. The molecule has 0 aromatic rings. The van der Waals surface area contributed by atoms with E-state index in [9.17, 15) is 12.6 Å². The van der Waals surface area contributed by atoms with Crippen molar-refractivity contribution in [2.45, 2.75) is 6.55 Å². The summed E-state index contributed by atoms with van der Waals surface area (Å²) in [6.07, 6.45) is 10.3. The van der Waals surface area contributed by atoms with Crippen molar-refractivity contribution in [2.75, 3.05) is 48.3 Å². The number of rotatable bonds is 6. The van der Waals surface area contributed by atoms with Crippen molar-refractivity contribution in [1.82, 2.24) is 0 Å². The van der Waals surface area contributed by atoms with E-state index in [1.807, 2.05) is 11.9 Å². The summed E-state index contributed by atoms with van der Waals surface area (Å²) in [5.74, 6) is 0. The molecule has 0 aliphatic carbocycles. The number of hydrogen-bond acceptors (Lipinski definition) is 3. The van der Waals surface area contributed by atoms with Crippen LogP contribution in [-0.2, 0) is 42.4 Å². The quantitative estimate of drug-likeness (QED) is 0.419. The molecule has 0 bridgehead atoms. The summed E-state index contributed by atoms with van der Waals surface area (Å²) in [6, 6.07) is 0. The van der Waals surface area contributed by atoms with Gasteiger partial charge in [-0.15, -0.1) is 12.6 Å². The maximum atomic E-state index is 12.0. The second kappa shape index (κ2) is 5.34. The van der Waals surface area contributed by atoms with E-state index >= 15 is 0 Å². The van der Waals surface area contributed by atoms with Crippen LogP contribution in [0.25, 0.3) is 0 Å². The highest BCUT2D eigenvalue weighted by Gasteiger charge is 2.39.